The number of morpholine rings is 1. The maximum atomic E-state index is 5.75. The second-order valence-corrected chi connectivity index (χ2v) is 5.35. The molecule has 0 aromatic heterocycles. The Balaban J connectivity index is 1.74. The molecule has 3 atom stereocenters. The summed E-state index contributed by atoms with van der Waals surface area (Å²) < 4.78 is 5.75. The van der Waals surface area contributed by atoms with Crippen molar-refractivity contribution in [3.63, 3.8) is 0 Å². The van der Waals surface area contributed by atoms with Gasteiger partial charge in [0, 0.05) is 31.7 Å². The molecule has 3 heteroatoms. The Morgan fingerprint density at radius 3 is 2.62 bits per heavy atom. The molecule has 2 saturated heterocycles. The zero-order chi connectivity index (χ0) is 11.4. The van der Waals surface area contributed by atoms with Gasteiger partial charge in [0.05, 0.1) is 12.7 Å². The van der Waals surface area contributed by atoms with Gasteiger partial charge in [0.25, 0.3) is 0 Å². The van der Waals surface area contributed by atoms with Crippen LogP contribution < -0.4 is 5.32 Å². The first-order chi connectivity index (χ1) is 7.77. The third kappa shape index (κ3) is 3.19. The minimum Gasteiger partial charge on any atom is -0.376 e. The zero-order valence-corrected chi connectivity index (χ0v) is 10.7. The first-order valence-electron chi connectivity index (χ1n) is 6.85. The summed E-state index contributed by atoms with van der Waals surface area (Å²) in [6.45, 7) is 8.89. The maximum Gasteiger partial charge on any atom is 0.0712 e. The molecule has 1 N–H and O–H groups in total. The second kappa shape index (κ2) is 5.99. The van der Waals surface area contributed by atoms with Gasteiger partial charge in [-0.25, -0.2) is 0 Å². The van der Waals surface area contributed by atoms with Gasteiger partial charge >= 0.3 is 0 Å². The van der Waals surface area contributed by atoms with E-state index in [1.807, 2.05) is 0 Å². The van der Waals surface area contributed by atoms with Crippen LogP contribution in [0.5, 0.6) is 0 Å². The number of nitrogens with zero attached hydrogens (tertiary/aromatic N) is 1. The molecule has 94 valence electrons. The van der Waals surface area contributed by atoms with Crippen molar-refractivity contribution in [3.05, 3.63) is 0 Å². The fraction of sp³-hybridized carbons (Fsp3) is 1.00. The predicted molar refractivity (Wildman–Crippen MR) is 66.7 cm³/mol. The topological polar surface area (TPSA) is 24.5 Å². The molecule has 3 nitrogen and oxygen atoms in total. The molecule has 2 fully saturated rings. The summed E-state index contributed by atoms with van der Waals surface area (Å²) in [6, 6.07) is 1.53. The molecule has 0 amide bonds. The average molecular weight is 226 g/mol. The lowest BCUT2D eigenvalue weighted by Gasteiger charge is -2.40. The van der Waals surface area contributed by atoms with Crippen molar-refractivity contribution in [2.24, 2.45) is 0 Å². The zero-order valence-electron chi connectivity index (χ0n) is 10.7. The quantitative estimate of drug-likeness (QED) is 0.791. The number of hydrogen-bond donors (Lipinski definition) is 1. The fourth-order valence-corrected chi connectivity index (χ4v) is 3.01. The Hall–Kier alpha value is -0.120. The third-order valence-corrected chi connectivity index (χ3v) is 4.09. The van der Waals surface area contributed by atoms with Gasteiger partial charge in [-0.2, -0.15) is 0 Å². The highest BCUT2D eigenvalue weighted by atomic mass is 16.5. The van der Waals surface area contributed by atoms with Crippen molar-refractivity contribution in [1.82, 2.24) is 10.2 Å². The Kier molecular flexibility index (Phi) is 4.62. The number of likely N-dealkylation sites (tertiary alicyclic amines) is 1. The van der Waals surface area contributed by atoms with Crippen molar-refractivity contribution in [1.29, 1.82) is 0 Å². The monoisotopic (exact) mass is 226 g/mol. The van der Waals surface area contributed by atoms with Crippen molar-refractivity contribution in [3.8, 4) is 0 Å². The van der Waals surface area contributed by atoms with Crippen LogP contribution in [0.25, 0.3) is 0 Å². The van der Waals surface area contributed by atoms with E-state index in [2.05, 4.69) is 24.1 Å². The molecule has 0 spiro atoms. The first-order valence-corrected chi connectivity index (χ1v) is 6.85. The summed E-state index contributed by atoms with van der Waals surface area (Å²) in [4.78, 5) is 2.67. The fourth-order valence-electron chi connectivity index (χ4n) is 3.01. The highest BCUT2D eigenvalue weighted by Crippen LogP contribution is 2.22. The summed E-state index contributed by atoms with van der Waals surface area (Å²) >= 11 is 0. The number of ether oxygens (including phenoxy) is 1. The van der Waals surface area contributed by atoms with Crippen LogP contribution in [0.4, 0.5) is 0 Å². The maximum absolute atomic E-state index is 5.75. The largest absolute Gasteiger partial charge is 0.376 e. The van der Waals surface area contributed by atoms with E-state index < -0.39 is 0 Å². The van der Waals surface area contributed by atoms with Crippen LogP contribution in [0.3, 0.4) is 0 Å². The standard InChI is InChI=1S/C13H26N2O/c1-11-4-3-5-12(2)15(11)8-6-13-10-14-7-9-16-13/h11-14H,3-10H2,1-2H3. The molecule has 0 bridgehead atoms. The van der Waals surface area contributed by atoms with Crippen LogP contribution in [0.1, 0.15) is 39.5 Å². The van der Waals surface area contributed by atoms with Crippen molar-refractivity contribution >= 4 is 0 Å². The summed E-state index contributed by atoms with van der Waals surface area (Å²) in [5, 5.41) is 3.40. The Morgan fingerprint density at radius 2 is 2.00 bits per heavy atom. The van der Waals surface area contributed by atoms with E-state index in [4.69, 9.17) is 4.74 Å². The van der Waals surface area contributed by atoms with Crippen molar-refractivity contribution in [2.45, 2.75) is 57.7 Å². The molecule has 16 heavy (non-hydrogen) atoms. The van der Waals surface area contributed by atoms with Crippen molar-refractivity contribution in [2.75, 3.05) is 26.2 Å². The highest BCUT2D eigenvalue weighted by molar-refractivity contribution is 4.80. The van der Waals surface area contributed by atoms with E-state index >= 15 is 0 Å². The molecule has 0 aliphatic carbocycles. The van der Waals surface area contributed by atoms with E-state index in [1.54, 1.807) is 0 Å². The minimum atomic E-state index is 0.440. The van der Waals surface area contributed by atoms with Crippen LogP contribution in [0.2, 0.25) is 0 Å². The Labute approximate surface area is 99.5 Å². The Bertz CT molecular complexity index is 194. The van der Waals surface area contributed by atoms with E-state index in [-0.39, 0.29) is 0 Å². The van der Waals surface area contributed by atoms with E-state index in [0.717, 1.165) is 31.8 Å². The van der Waals surface area contributed by atoms with E-state index in [0.29, 0.717) is 6.10 Å². The van der Waals surface area contributed by atoms with Crippen LogP contribution in [-0.4, -0.2) is 49.3 Å². The van der Waals surface area contributed by atoms with E-state index in [9.17, 15) is 0 Å². The number of rotatable bonds is 3. The Morgan fingerprint density at radius 1 is 1.25 bits per heavy atom. The third-order valence-electron chi connectivity index (χ3n) is 4.09. The summed E-state index contributed by atoms with van der Waals surface area (Å²) in [7, 11) is 0. The number of hydrogen-bond acceptors (Lipinski definition) is 3. The highest BCUT2D eigenvalue weighted by Gasteiger charge is 2.25. The molecule has 3 unspecified atom stereocenters. The minimum absolute atomic E-state index is 0.440. The average Bonchev–Trinajstić information content (AvgIpc) is 2.30. The van der Waals surface area contributed by atoms with Gasteiger partial charge in [0.15, 0.2) is 0 Å². The van der Waals surface area contributed by atoms with Gasteiger partial charge in [0.2, 0.25) is 0 Å². The number of nitrogens with one attached hydrogen (secondary N) is 1. The smallest absolute Gasteiger partial charge is 0.0712 e. The summed E-state index contributed by atoms with van der Waals surface area (Å²) in [5.74, 6) is 0. The van der Waals surface area contributed by atoms with Gasteiger partial charge in [0.1, 0.15) is 0 Å². The number of piperidine rings is 1. The summed E-state index contributed by atoms with van der Waals surface area (Å²) in [6.07, 6.45) is 5.76. The van der Waals surface area contributed by atoms with Gasteiger partial charge in [-0.3, -0.25) is 4.90 Å². The predicted octanol–water partition coefficient (Wildman–Crippen LogP) is 1.63. The molecular formula is C13H26N2O. The molecule has 0 saturated carbocycles. The molecule has 0 aromatic rings. The van der Waals surface area contributed by atoms with Gasteiger partial charge in [-0.1, -0.05) is 6.42 Å². The van der Waals surface area contributed by atoms with Crippen molar-refractivity contribution < 1.29 is 4.74 Å². The lowest BCUT2D eigenvalue weighted by Crippen LogP contribution is -2.46. The second-order valence-electron chi connectivity index (χ2n) is 5.35. The first kappa shape index (κ1) is 12.3. The normalized spacial score (nSPS) is 37.5. The van der Waals surface area contributed by atoms with E-state index in [1.165, 1.54) is 32.2 Å². The van der Waals surface area contributed by atoms with Gasteiger partial charge in [-0.15, -0.1) is 0 Å². The molecule has 2 aliphatic rings. The van der Waals surface area contributed by atoms with Crippen LogP contribution in [0.15, 0.2) is 0 Å². The molecule has 2 heterocycles. The van der Waals surface area contributed by atoms with Crippen LogP contribution in [0, 0.1) is 0 Å². The SMILES string of the molecule is CC1CCCC(C)N1CCC1CNCCO1. The molecular weight excluding hydrogens is 200 g/mol. The van der Waals surface area contributed by atoms with Gasteiger partial charge in [-0.05, 0) is 33.1 Å². The summed E-state index contributed by atoms with van der Waals surface area (Å²) in [5.41, 5.74) is 0. The molecule has 2 aliphatic heterocycles. The lowest BCUT2D eigenvalue weighted by molar-refractivity contribution is 0.00672. The van der Waals surface area contributed by atoms with Gasteiger partial charge < -0.3 is 10.1 Å². The van der Waals surface area contributed by atoms with Crippen LogP contribution in [-0.2, 0) is 4.74 Å². The molecule has 2 rings (SSSR count). The van der Waals surface area contributed by atoms with Crippen LogP contribution >= 0.6 is 0 Å². The lowest BCUT2D eigenvalue weighted by atomic mass is 9.97. The molecule has 0 aromatic carbocycles. The molecule has 0 radical (unpaired) electrons.